The van der Waals surface area contributed by atoms with Gasteiger partial charge in [-0.15, -0.1) is 0 Å². The number of carbonyl (C=O) groups is 1. The Hall–Kier alpha value is -1.06. The van der Waals surface area contributed by atoms with Gasteiger partial charge in [0, 0.05) is 17.6 Å². The van der Waals surface area contributed by atoms with Crippen LogP contribution in [0, 0.1) is 0 Å². The third kappa shape index (κ3) is 2.63. The molecule has 1 atom stereocenters. The predicted octanol–water partition coefficient (Wildman–Crippen LogP) is 2.24. The molecule has 0 bridgehead atoms. The van der Waals surface area contributed by atoms with Crippen LogP contribution in [0.3, 0.4) is 0 Å². The molecule has 102 valence electrons. The fourth-order valence-corrected chi connectivity index (χ4v) is 2.97. The van der Waals surface area contributed by atoms with Gasteiger partial charge in [0.15, 0.2) is 0 Å². The van der Waals surface area contributed by atoms with Gasteiger partial charge in [0.05, 0.1) is 5.41 Å². The molecule has 1 aliphatic heterocycles. The maximum atomic E-state index is 12.5. The molecule has 0 unspecified atom stereocenters. The summed E-state index contributed by atoms with van der Waals surface area (Å²) in [5.74, 6) is 0.184. The van der Waals surface area contributed by atoms with Crippen molar-refractivity contribution in [1.29, 1.82) is 0 Å². The zero-order valence-electron chi connectivity index (χ0n) is 10.9. The Balaban J connectivity index is 1.70. The highest BCUT2D eigenvalue weighted by Crippen LogP contribution is 2.48. The van der Waals surface area contributed by atoms with Gasteiger partial charge in [-0.25, -0.2) is 0 Å². The lowest BCUT2D eigenvalue weighted by molar-refractivity contribution is -0.124. The number of benzene rings is 1. The second kappa shape index (κ2) is 5.14. The van der Waals surface area contributed by atoms with Gasteiger partial charge < -0.3 is 10.6 Å². The molecule has 0 aromatic heterocycles. The van der Waals surface area contributed by atoms with Crippen molar-refractivity contribution in [2.24, 2.45) is 0 Å². The maximum Gasteiger partial charge on any atom is 0.230 e. The Morgan fingerprint density at radius 1 is 1.32 bits per heavy atom. The molecule has 4 heteroatoms. The lowest BCUT2D eigenvalue weighted by Gasteiger charge is -2.26. The first-order chi connectivity index (χ1) is 9.21. The highest BCUT2D eigenvalue weighted by molar-refractivity contribution is 6.30. The number of amides is 1. The zero-order valence-corrected chi connectivity index (χ0v) is 11.7. The predicted molar refractivity (Wildman–Crippen MR) is 76.4 cm³/mol. The van der Waals surface area contributed by atoms with E-state index < -0.39 is 0 Å². The fraction of sp³-hybridized carbons (Fsp3) is 0.533. The highest BCUT2D eigenvalue weighted by atomic mass is 35.5. The van der Waals surface area contributed by atoms with Crippen LogP contribution in [0.15, 0.2) is 24.3 Å². The van der Waals surface area contributed by atoms with Crippen LogP contribution in [0.4, 0.5) is 0 Å². The van der Waals surface area contributed by atoms with Crippen LogP contribution < -0.4 is 10.6 Å². The minimum atomic E-state index is -0.290. The first-order valence-corrected chi connectivity index (χ1v) is 7.36. The molecule has 1 aromatic carbocycles. The van der Waals surface area contributed by atoms with Crippen LogP contribution in [-0.2, 0) is 10.2 Å². The van der Waals surface area contributed by atoms with Gasteiger partial charge in [-0.05, 0) is 49.9 Å². The fourth-order valence-electron chi connectivity index (χ4n) is 2.84. The zero-order chi connectivity index (χ0) is 13.3. The maximum absolute atomic E-state index is 12.5. The largest absolute Gasteiger partial charge is 0.351 e. The molecule has 1 aromatic rings. The van der Waals surface area contributed by atoms with E-state index in [1.54, 1.807) is 0 Å². The molecule has 1 amide bonds. The van der Waals surface area contributed by atoms with E-state index in [2.05, 4.69) is 10.6 Å². The lowest BCUT2D eigenvalue weighted by Crippen LogP contribution is -2.48. The minimum Gasteiger partial charge on any atom is -0.351 e. The Morgan fingerprint density at radius 2 is 2.05 bits per heavy atom. The topological polar surface area (TPSA) is 41.1 Å². The number of halogens is 1. The van der Waals surface area contributed by atoms with Gasteiger partial charge in [0.1, 0.15) is 0 Å². The van der Waals surface area contributed by atoms with Gasteiger partial charge in [-0.3, -0.25) is 4.79 Å². The summed E-state index contributed by atoms with van der Waals surface area (Å²) >= 11 is 5.91. The molecular weight excluding hydrogens is 260 g/mol. The second-order valence-corrected chi connectivity index (χ2v) is 6.04. The van der Waals surface area contributed by atoms with E-state index in [4.69, 9.17) is 11.6 Å². The quantitative estimate of drug-likeness (QED) is 0.890. The summed E-state index contributed by atoms with van der Waals surface area (Å²) in [4.78, 5) is 12.5. The first-order valence-electron chi connectivity index (χ1n) is 6.98. The van der Waals surface area contributed by atoms with Gasteiger partial charge in [0.2, 0.25) is 5.91 Å². The molecule has 1 saturated carbocycles. The number of nitrogens with one attached hydrogen (secondary N) is 2. The number of piperidine rings is 1. The van der Waals surface area contributed by atoms with Gasteiger partial charge in [0.25, 0.3) is 0 Å². The molecule has 1 saturated heterocycles. The number of rotatable bonds is 3. The van der Waals surface area contributed by atoms with Crippen LogP contribution >= 0.6 is 11.6 Å². The van der Waals surface area contributed by atoms with Crippen LogP contribution in [0.5, 0.6) is 0 Å². The highest BCUT2D eigenvalue weighted by Gasteiger charge is 2.51. The summed E-state index contributed by atoms with van der Waals surface area (Å²) < 4.78 is 0. The van der Waals surface area contributed by atoms with Crippen molar-refractivity contribution in [3.8, 4) is 0 Å². The van der Waals surface area contributed by atoms with E-state index in [0.717, 1.165) is 49.4 Å². The number of hydrogen-bond acceptors (Lipinski definition) is 2. The van der Waals surface area contributed by atoms with Crippen LogP contribution in [0.25, 0.3) is 0 Å². The molecule has 1 aliphatic carbocycles. The monoisotopic (exact) mass is 278 g/mol. The second-order valence-electron chi connectivity index (χ2n) is 5.61. The van der Waals surface area contributed by atoms with E-state index in [1.165, 1.54) is 0 Å². The van der Waals surface area contributed by atoms with Gasteiger partial charge in [-0.1, -0.05) is 23.7 Å². The van der Waals surface area contributed by atoms with E-state index in [1.807, 2.05) is 24.3 Å². The third-order valence-electron chi connectivity index (χ3n) is 4.21. The Bertz CT molecular complexity index is 462. The van der Waals surface area contributed by atoms with Gasteiger partial charge >= 0.3 is 0 Å². The van der Waals surface area contributed by atoms with Crippen LogP contribution in [0.1, 0.15) is 31.2 Å². The lowest BCUT2D eigenvalue weighted by atomic mass is 9.94. The van der Waals surface area contributed by atoms with Crippen molar-refractivity contribution >= 4 is 17.5 Å². The average Bonchev–Trinajstić information content (AvgIpc) is 3.22. The van der Waals surface area contributed by atoms with Crippen LogP contribution in [0.2, 0.25) is 5.02 Å². The van der Waals surface area contributed by atoms with E-state index in [9.17, 15) is 4.79 Å². The first kappa shape index (κ1) is 12.9. The van der Waals surface area contributed by atoms with Crippen molar-refractivity contribution in [3.63, 3.8) is 0 Å². The third-order valence-corrected chi connectivity index (χ3v) is 4.47. The molecule has 2 fully saturated rings. The molecule has 19 heavy (non-hydrogen) atoms. The normalized spacial score (nSPS) is 24.8. The summed E-state index contributed by atoms with van der Waals surface area (Å²) in [5.41, 5.74) is 0.806. The molecule has 3 nitrogen and oxygen atoms in total. The van der Waals surface area contributed by atoms with Crippen molar-refractivity contribution in [3.05, 3.63) is 34.9 Å². The number of carbonyl (C=O) groups excluding carboxylic acids is 1. The molecule has 1 heterocycles. The van der Waals surface area contributed by atoms with Gasteiger partial charge in [-0.2, -0.15) is 0 Å². The van der Waals surface area contributed by atoms with Crippen molar-refractivity contribution in [1.82, 2.24) is 10.6 Å². The molecule has 0 spiro atoms. The van der Waals surface area contributed by atoms with Crippen molar-refractivity contribution < 1.29 is 4.79 Å². The molecular formula is C15H19ClN2O. The van der Waals surface area contributed by atoms with E-state index in [0.29, 0.717) is 0 Å². The Morgan fingerprint density at radius 3 is 2.63 bits per heavy atom. The Labute approximate surface area is 118 Å². The van der Waals surface area contributed by atoms with Crippen LogP contribution in [-0.4, -0.2) is 25.0 Å². The van der Waals surface area contributed by atoms with Crippen molar-refractivity contribution in [2.75, 3.05) is 13.1 Å². The summed E-state index contributed by atoms with van der Waals surface area (Å²) in [7, 11) is 0. The number of hydrogen-bond donors (Lipinski definition) is 2. The molecule has 0 radical (unpaired) electrons. The summed E-state index contributed by atoms with van der Waals surface area (Å²) in [6, 6.07) is 7.98. The molecule has 2 aliphatic rings. The average molecular weight is 279 g/mol. The molecule has 3 rings (SSSR count). The summed E-state index contributed by atoms with van der Waals surface area (Å²) in [6.45, 7) is 1.96. The summed E-state index contributed by atoms with van der Waals surface area (Å²) in [5, 5.41) is 7.25. The SMILES string of the molecule is O=C(N[C@H]1CCCNC1)C1(c2ccc(Cl)cc2)CC1. The van der Waals surface area contributed by atoms with E-state index in [-0.39, 0.29) is 17.4 Å². The van der Waals surface area contributed by atoms with E-state index >= 15 is 0 Å². The summed E-state index contributed by atoms with van der Waals surface area (Å²) in [6.07, 6.45) is 4.11. The minimum absolute atomic E-state index is 0.184. The van der Waals surface area contributed by atoms with Crippen molar-refractivity contribution in [2.45, 2.75) is 37.1 Å². The standard InChI is InChI=1S/C15H19ClN2O/c16-12-5-3-11(4-6-12)15(7-8-15)14(19)18-13-2-1-9-17-10-13/h3-6,13,17H,1-2,7-10H2,(H,18,19)/t13-/m0/s1. The molecule has 2 N–H and O–H groups in total. The Kier molecular flexibility index (Phi) is 3.50. The smallest absolute Gasteiger partial charge is 0.230 e.